The van der Waals surface area contributed by atoms with Gasteiger partial charge in [-0.3, -0.25) is 9.69 Å². The molecule has 7 heteroatoms. The van der Waals surface area contributed by atoms with Crippen molar-refractivity contribution >= 4 is 23.5 Å². The third kappa shape index (κ3) is 3.60. The molecule has 0 N–H and O–H groups in total. The van der Waals surface area contributed by atoms with E-state index in [0.717, 1.165) is 23.3 Å². The molecular weight excluding hydrogens is 388 g/mol. The van der Waals surface area contributed by atoms with Crippen molar-refractivity contribution in [3.63, 3.8) is 0 Å². The van der Waals surface area contributed by atoms with Gasteiger partial charge in [0.15, 0.2) is 0 Å². The van der Waals surface area contributed by atoms with E-state index in [2.05, 4.69) is 10.1 Å². The summed E-state index contributed by atoms with van der Waals surface area (Å²) in [7, 11) is 1.66. The van der Waals surface area contributed by atoms with E-state index in [1.54, 1.807) is 12.0 Å². The van der Waals surface area contributed by atoms with E-state index in [1.807, 2.05) is 60.1 Å². The van der Waals surface area contributed by atoms with Gasteiger partial charge in [-0.25, -0.2) is 4.68 Å². The number of para-hydroxylation sites is 1. The van der Waals surface area contributed by atoms with Crippen LogP contribution in [0.5, 0.6) is 5.75 Å². The fourth-order valence-corrected chi connectivity index (χ4v) is 4.11. The zero-order chi connectivity index (χ0) is 20.4. The van der Waals surface area contributed by atoms with Crippen LogP contribution in [0.2, 0.25) is 5.02 Å². The summed E-state index contributed by atoms with van der Waals surface area (Å²) in [5.74, 6) is 1.40. The zero-order valence-corrected chi connectivity index (χ0v) is 17.2. The van der Waals surface area contributed by atoms with Gasteiger partial charge in [0.1, 0.15) is 12.1 Å². The summed E-state index contributed by atoms with van der Waals surface area (Å²) in [4.78, 5) is 19.3. The predicted molar refractivity (Wildman–Crippen MR) is 112 cm³/mol. The summed E-state index contributed by atoms with van der Waals surface area (Å²) in [6.07, 6.45) is 3.39. The molecule has 0 spiro atoms. The van der Waals surface area contributed by atoms with Crippen LogP contribution in [0.4, 0.5) is 5.95 Å². The Balaban J connectivity index is 1.85. The van der Waals surface area contributed by atoms with Crippen molar-refractivity contribution in [1.29, 1.82) is 0 Å². The maximum atomic E-state index is 13.1. The number of hydrogen-bond donors (Lipinski definition) is 0. The molecule has 0 radical (unpaired) electrons. The van der Waals surface area contributed by atoms with Crippen molar-refractivity contribution in [1.82, 2.24) is 14.8 Å². The van der Waals surface area contributed by atoms with E-state index >= 15 is 0 Å². The van der Waals surface area contributed by atoms with Crippen LogP contribution in [-0.4, -0.2) is 27.8 Å². The molecule has 1 amide bonds. The normalized spacial score (nSPS) is 18.4. The van der Waals surface area contributed by atoms with Gasteiger partial charge in [-0.1, -0.05) is 48.9 Å². The molecule has 0 saturated carbocycles. The van der Waals surface area contributed by atoms with Crippen LogP contribution in [0.1, 0.15) is 49.4 Å². The Kier molecular flexibility index (Phi) is 5.53. The number of ether oxygens (including phenoxy) is 1. The van der Waals surface area contributed by atoms with Crippen LogP contribution in [0.15, 0.2) is 54.9 Å². The van der Waals surface area contributed by atoms with Gasteiger partial charge in [0, 0.05) is 17.0 Å². The summed E-state index contributed by atoms with van der Waals surface area (Å²) in [5.41, 5.74) is 2.04. The Bertz CT molecular complexity index is 1000. The second-order valence-corrected chi connectivity index (χ2v) is 7.52. The number of aromatic nitrogens is 3. The molecule has 0 bridgehead atoms. The van der Waals surface area contributed by atoms with Crippen LogP contribution >= 0.6 is 11.6 Å². The molecule has 0 fully saturated rings. The molecule has 1 aliphatic heterocycles. The van der Waals surface area contributed by atoms with Gasteiger partial charge < -0.3 is 4.74 Å². The third-order valence-corrected chi connectivity index (χ3v) is 5.56. The standard InChI is InChI=1S/C22H23ClN4O2/c1-3-6-21(28)26-18(15-9-11-16(23)12-10-15)13-19(27-22(26)24-14-25-27)17-7-4-5-8-20(17)29-2/h4-5,7-12,14,18-19H,3,6,13H2,1-2H3. The van der Waals surface area contributed by atoms with Crippen molar-refractivity contribution in [3.05, 3.63) is 71.0 Å². The van der Waals surface area contributed by atoms with E-state index in [-0.39, 0.29) is 18.0 Å². The minimum Gasteiger partial charge on any atom is -0.496 e. The van der Waals surface area contributed by atoms with Gasteiger partial charge in [-0.2, -0.15) is 10.1 Å². The highest BCUT2D eigenvalue weighted by Gasteiger charge is 2.39. The van der Waals surface area contributed by atoms with E-state index in [4.69, 9.17) is 16.3 Å². The van der Waals surface area contributed by atoms with E-state index in [9.17, 15) is 4.79 Å². The second-order valence-electron chi connectivity index (χ2n) is 7.08. The maximum absolute atomic E-state index is 13.1. The van der Waals surface area contributed by atoms with Crippen LogP contribution in [0.3, 0.4) is 0 Å². The number of carbonyl (C=O) groups excluding carboxylic acids is 1. The molecule has 2 heterocycles. The summed E-state index contributed by atoms with van der Waals surface area (Å²) in [6, 6.07) is 15.3. The lowest BCUT2D eigenvalue weighted by molar-refractivity contribution is -0.119. The number of amides is 1. The van der Waals surface area contributed by atoms with Crippen LogP contribution in [-0.2, 0) is 4.79 Å². The molecule has 2 aromatic carbocycles. The van der Waals surface area contributed by atoms with Gasteiger partial charge in [-0.15, -0.1) is 0 Å². The topological polar surface area (TPSA) is 60.2 Å². The van der Waals surface area contributed by atoms with Crippen LogP contribution < -0.4 is 9.64 Å². The van der Waals surface area contributed by atoms with Crippen molar-refractivity contribution in [3.8, 4) is 5.75 Å². The molecule has 2 atom stereocenters. The maximum Gasteiger partial charge on any atom is 0.231 e. The molecule has 0 saturated heterocycles. The monoisotopic (exact) mass is 410 g/mol. The molecular formula is C22H23ClN4O2. The highest BCUT2D eigenvalue weighted by molar-refractivity contribution is 6.30. The molecule has 1 aromatic heterocycles. The van der Waals surface area contributed by atoms with Crippen molar-refractivity contribution < 1.29 is 9.53 Å². The highest BCUT2D eigenvalue weighted by atomic mass is 35.5. The number of nitrogens with zero attached hydrogens (tertiary/aromatic N) is 4. The van der Waals surface area contributed by atoms with Crippen molar-refractivity contribution in [2.24, 2.45) is 0 Å². The summed E-state index contributed by atoms with van der Waals surface area (Å²) < 4.78 is 7.43. The van der Waals surface area contributed by atoms with Gasteiger partial charge in [0.2, 0.25) is 11.9 Å². The fraction of sp³-hybridized carbons (Fsp3) is 0.318. The van der Waals surface area contributed by atoms with Crippen LogP contribution in [0.25, 0.3) is 0 Å². The molecule has 29 heavy (non-hydrogen) atoms. The van der Waals surface area contributed by atoms with Gasteiger partial charge in [0.25, 0.3) is 0 Å². The zero-order valence-electron chi connectivity index (χ0n) is 16.5. The molecule has 1 aliphatic rings. The summed E-state index contributed by atoms with van der Waals surface area (Å²) >= 11 is 6.10. The SMILES string of the molecule is CCCC(=O)N1c2ncnn2C(c2ccccc2OC)CC1c1ccc(Cl)cc1. The number of benzene rings is 2. The number of halogens is 1. The largest absolute Gasteiger partial charge is 0.496 e. The van der Waals surface area contributed by atoms with E-state index < -0.39 is 0 Å². The lowest BCUT2D eigenvalue weighted by atomic mass is 9.91. The number of methoxy groups -OCH3 is 1. The molecule has 4 rings (SSSR count). The van der Waals surface area contributed by atoms with Crippen LogP contribution in [0, 0.1) is 0 Å². The minimum absolute atomic E-state index is 0.0418. The van der Waals surface area contributed by atoms with Gasteiger partial charge in [0.05, 0.1) is 19.2 Å². The Morgan fingerprint density at radius 1 is 1.17 bits per heavy atom. The Morgan fingerprint density at radius 3 is 2.66 bits per heavy atom. The number of carbonyl (C=O) groups is 1. The predicted octanol–water partition coefficient (Wildman–Crippen LogP) is 4.81. The first kappa shape index (κ1) is 19.5. The van der Waals surface area contributed by atoms with Crippen molar-refractivity contribution in [2.75, 3.05) is 12.0 Å². The quantitative estimate of drug-likeness (QED) is 0.605. The number of hydrogen-bond acceptors (Lipinski definition) is 4. The minimum atomic E-state index is -0.169. The molecule has 150 valence electrons. The summed E-state index contributed by atoms with van der Waals surface area (Å²) in [6.45, 7) is 2.00. The second kappa shape index (κ2) is 8.25. The molecule has 2 unspecified atom stereocenters. The molecule has 3 aromatic rings. The smallest absolute Gasteiger partial charge is 0.231 e. The first-order valence-corrected chi connectivity index (χ1v) is 10.1. The van der Waals surface area contributed by atoms with Gasteiger partial charge in [-0.05, 0) is 36.6 Å². The average molecular weight is 411 g/mol. The fourth-order valence-electron chi connectivity index (χ4n) is 3.98. The first-order valence-electron chi connectivity index (χ1n) is 9.74. The molecule has 6 nitrogen and oxygen atoms in total. The lowest BCUT2D eigenvalue weighted by Crippen LogP contribution is -2.42. The number of fused-ring (bicyclic) bond motifs is 1. The third-order valence-electron chi connectivity index (χ3n) is 5.31. The Labute approximate surface area is 175 Å². The van der Waals surface area contributed by atoms with E-state index in [1.165, 1.54) is 6.33 Å². The number of rotatable bonds is 5. The highest BCUT2D eigenvalue weighted by Crippen LogP contribution is 2.44. The average Bonchev–Trinajstić information content (AvgIpc) is 3.23. The first-order chi connectivity index (χ1) is 14.1. The van der Waals surface area contributed by atoms with Gasteiger partial charge >= 0.3 is 0 Å². The Hall–Kier alpha value is -2.86. The number of anilines is 1. The van der Waals surface area contributed by atoms with Crippen molar-refractivity contribution in [2.45, 2.75) is 38.3 Å². The Morgan fingerprint density at radius 2 is 1.93 bits per heavy atom. The van der Waals surface area contributed by atoms with E-state index in [0.29, 0.717) is 23.8 Å². The summed E-state index contributed by atoms with van der Waals surface area (Å²) in [5, 5.41) is 5.13. The molecule has 0 aliphatic carbocycles. The lowest BCUT2D eigenvalue weighted by Gasteiger charge is -2.39.